The summed E-state index contributed by atoms with van der Waals surface area (Å²) < 4.78 is 10.5. The molecule has 0 saturated carbocycles. The summed E-state index contributed by atoms with van der Waals surface area (Å²) in [5, 5.41) is 0. The first-order chi connectivity index (χ1) is 10.6. The lowest BCUT2D eigenvalue weighted by Crippen LogP contribution is -2.34. The lowest BCUT2D eigenvalue weighted by molar-refractivity contribution is -0.149. The predicted molar refractivity (Wildman–Crippen MR) is 82.5 cm³/mol. The number of carbonyl (C=O) groups excluding carboxylic acids is 2. The molecule has 0 heterocycles. The number of fused-ring (bicyclic) bond motifs is 3. The molecule has 0 saturated heterocycles. The van der Waals surface area contributed by atoms with Gasteiger partial charge in [-0.05, 0) is 60.6 Å². The van der Waals surface area contributed by atoms with Gasteiger partial charge in [-0.2, -0.15) is 0 Å². The number of esters is 1. The largest absolute Gasteiger partial charge is 0.497 e. The molecule has 4 nitrogen and oxygen atoms in total. The molecule has 0 N–H and O–H groups in total. The third kappa shape index (κ3) is 2.54. The van der Waals surface area contributed by atoms with E-state index in [4.69, 9.17) is 9.47 Å². The maximum Gasteiger partial charge on any atom is 0.309 e. The van der Waals surface area contributed by atoms with E-state index in [1.807, 2.05) is 25.1 Å². The van der Waals surface area contributed by atoms with Gasteiger partial charge in [0.25, 0.3) is 0 Å². The summed E-state index contributed by atoms with van der Waals surface area (Å²) >= 11 is 0. The van der Waals surface area contributed by atoms with Crippen LogP contribution in [0.4, 0.5) is 0 Å². The van der Waals surface area contributed by atoms with Crippen molar-refractivity contribution in [2.45, 2.75) is 26.2 Å². The Morgan fingerprint density at radius 1 is 1.36 bits per heavy atom. The molecular weight excluding hydrogens is 280 g/mol. The second-order valence-electron chi connectivity index (χ2n) is 5.80. The van der Waals surface area contributed by atoms with Crippen LogP contribution in [0.2, 0.25) is 0 Å². The Morgan fingerprint density at radius 3 is 2.91 bits per heavy atom. The molecule has 2 atom stereocenters. The van der Waals surface area contributed by atoms with Gasteiger partial charge in [-0.1, -0.05) is 6.07 Å². The SMILES string of the molecule is CCOC(=O)[C@@H]1Cc2ccc(OC)cc2C2=CC(=O)CC[C@@H]21. The topological polar surface area (TPSA) is 52.6 Å². The Bertz CT molecular complexity index is 644. The fraction of sp³-hybridized carbons (Fsp3) is 0.444. The molecule has 116 valence electrons. The van der Waals surface area contributed by atoms with Crippen LogP contribution in [-0.4, -0.2) is 25.5 Å². The van der Waals surface area contributed by atoms with Gasteiger partial charge in [-0.25, -0.2) is 0 Å². The zero-order valence-corrected chi connectivity index (χ0v) is 12.9. The molecule has 0 aromatic heterocycles. The fourth-order valence-corrected chi connectivity index (χ4v) is 3.51. The highest BCUT2D eigenvalue weighted by Gasteiger charge is 2.39. The normalized spacial score (nSPS) is 23.2. The van der Waals surface area contributed by atoms with Crippen molar-refractivity contribution in [2.24, 2.45) is 11.8 Å². The Balaban J connectivity index is 2.06. The first kappa shape index (κ1) is 14.8. The highest BCUT2D eigenvalue weighted by atomic mass is 16.5. The van der Waals surface area contributed by atoms with Crippen LogP contribution in [0.25, 0.3) is 5.57 Å². The molecule has 3 rings (SSSR count). The summed E-state index contributed by atoms with van der Waals surface area (Å²) in [6.07, 6.45) is 3.58. The highest BCUT2D eigenvalue weighted by Crippen LogP contribution is 2.45. The van der Waals surface area contributed by atoms with E-state index in [1.54, 1.807) is 13.2 Å². The average molecular weight is 300 g/mol. The van der Waals surface area contributed by atoms with Gasteiger partial charge in [0, 0.05) is 6.42 Å². The van der Waals surface area contributed by atoms with Crippen LogP contribution in [0.5, 0.6) is 5.75 Å². The van der Waals surface area contributed by atoms with E-state index in [1.165, 1.54) is 0 Å². The number of carbonyl (C=O) groups is 2. The van der Waals surface area contributed by atoms with Gasteiger partial charge in [0.2, 0.25) is 0 Å². The van der Waals surface area contributed by atoms with Crippen molar-refractivity contribution < 1.29 is 19.1 Å². The van der Waals surface area contributed by atoms with Crippen molar-refractivity contribution in [3.63, 3.8) is 0 Å². The highest BCUT2D eigenvalue weighted by molar-refractivity contribution is 6.00. The number of rotatable bonds is 3. The van der Waals surface area contributed by atoms with Crippen molar-refractivity contribution in [3.8, 4) is 5.75 Å². The van der Waals surface area contributed by atoms with Gasteiger partial charge in [-0.3, -0.25) is 9.59 Å². The molecule has 1 aromatic rings. The lowest BCUT2D eigenvalue weighted by atomic mass is 9.68. The fourth-order valence-electron chi connectivity index (χ4n) is 3.51. The number of ether oxygens (including phenoxy) is 2. The second kappa shape index (κ2) is 5.95. The molecular formula is C18H20O4. The number of benzene rings is 1. The van der Waals surface area contributed by atoms with Crippen LogP contribution >= 0.6 is 0 Å². The zero-order chi connectivity index (χ0) is 15.7. The molecule has 4 heteroatoms. The summed E-state index contributed by atoms with van der Waals surface area (Å²) in [6, 6.07) is 5.84. The van der Waals surface area contributed by atoms with Gasteiger partial charge >= 0.3 is 5.97 Å². The maximum absolute atomic E-state index is 12.3. The monoisotopic (exact) mass is 300 g/mol. The van der Waals surface area contributed by atoms with E-state index in [9.17, 15) is 9.59 Å². The van der Waals surface area contributed by atoms with Gasteiger partial charge < -0.3 is 9.47 Å². The van der Waals surface area contributed by atoms with Crippen molar-refractivity contribution in [3.05, 3.63) is 35.4 Å². The van der Waals surface area contributed by atoms with Gasteiger partial charge in [0.1, 0.15) is 5.75 Å². The molecule has 0 amide bonds. The van der Waals surface area contributed by atoms with E-state index in [2.05, 4.69) is 0 Å². The molecule has 0 unspecified atom stereocenters. The molecule has 0 fully saturated rings. The Hall–Kier alpha value is -2.10. The van der Waals surface area contributed by atoms with Crippen molar-refractivity contribution in [2.75, 3.05) is 13.7 Å². The summed E-state index contributed by atoms with van der Waals surface area (Å²) in [7, 11) is 1.63. The van der Waals surface area contributed by atoms with Crippen LogP contribution in [0, 0.1) is 11.8 Å². The van der Waals surface area contributed by atoms with Gasteiger partial charge in [-0.15, -0.1) is 0 Å². The number of allylic oxidation sites excluding steroid dienone is 2. The molecule has 2 aliphatic rings. The minimum atomic E-state index is -0.194. The smallest absolute Gasteiger partial charge is 0.309 e. The van der Waals surface area contributed by atoms with Crippen LogP contribution in [0.15, 0.2) is 24.3 Å². The van der Waals surface area contributed by atoms with E-state index >= 15 is 0 Å². The molecule has 2 aliphatic carbocycles. The first-order valence-corrected chi connectivity index (χ1v) is 7.72. The zero-order valence-electron chi connectivity index (χ0n) is 12.9. The molecule has 0 radical (unpaired) electrons. The standard InChI is InChI=1S/C18H20O4/c1-3-22-18(20)17-8-11-4-6-13(21-2)10-15(11)16-9-12(19)5-7-14(16)17/h4,6,9-10,14,17H,3,5,7-8H2,1-2H3/t14-,17+/m0/s1. The first-order valence-electron chi connectivity index (χ1n) is 7.72. The quantitative estimate of drug-likeness (QED) is 0.806. The maximum atomic E-state index is 12.3. The van der Waals surface area contributed by atoms with Gasteiger partial charge in [0.05, 0.1) is 19.6 Å². The third-order valence-corrected chi connectivity index (χ3v) is 4.56. The summed E-state index contributed by atoms with van der Waals surface area (Å²) in [6.45, 7) is 2.20. The second-order valence-corrected chi connectivity index (χ2v) is 5.80. The number of hydrogen-bond acceptors (Lipinski definition) is 4. The van der Waals surface area contributed by atoms with E-state index in [0.29, 0.717) is 25.9 Å². The van der Waals surface area contributed by atoms with Crippen LogP contribution in [0.3, 0.4) is 0 Å². The van der Waals surface area contributed by atoms with Crippen molar-refractivity contribution in [1.29, 1.82) is 0 Å². The summed E-state index contributed by atoms with van der Waals surface area (Å²) in [5.74, 6) is 0.612. The average Bonchev–Trinajstić information content (AvgIpc) is 2.53. The van der Waals surface area contributed by atoms with Crippen molar-refractivity contribution in [1.82, 2.24) is 0 Å². The Kier molecular flexibility index (Phi) is 4.01. The molecule has 0 spiro atoms. The minimum Gasteiger partial charge on any atom is -0.497 e. The minimum absolute atomic E-state index is 0.0661. The number of hydrogen-bond donors (Lipinski definition) is 0. The number of methoxy groups -OCH3 is 1. The Morgan fingerprint density at radius 2 is 2.18 bits per heavy atom. The number of ketones is 1. The van der Waals surface area contributed by atoms with E-state index < -0.39 is 0 Å². The van der Waals surface area contributed by atoms with Crippen LogP contribution in [0.1, 0.15) is 30.9 Å². The molecule has 0 aliphatic heterocycles. The molecule has 22 heavy (non-hydrogen) atoms. The summed E-state index contributed by atoms with van der Waals surface area (Å²) in [5.41, 5.74) is 3.09. The van der Waals surface area contributed by atoms with Gasteiger partial charge in [0.15, 0.2) is 5.78 Å². The van der Waals surface area contributed by atoms with Crippen LogP contribution < -0.4 is 4.74 Å². The summed E-state index contributed by atoms with van der Waals surface area (Å²) in [4.78, 5) is 24.2. The van der Waals surface area contributed by atoms with E-state index in [0.717, 1.165) is 22.4 Å². The molecule has 0 bridgehead atoms. The Labute approximate surface area is 130 Å². The predicted octanol–water partition coefficient (Wildman–Crippen LogP) is 2.79. The van der Waals surface area contributed by atoms with Crippen LogP contribution in [-0.2, 0) is 20.7 Å². The van der Waals surface area contributed by atoms with Crippen molar-refractivity contribution >= 4 is 17.3 Å². The third-order valence-electron chi connectivity index (χ3n) is 4.56. The molecule has 1 aromatic carbocycles. The van der Waals surface area contributed by atoms with E-state index in [-0.39, 0.29) is 23.6 Å². The lowest BCUT2D eigenvalue weighted by Gasteiger charge is -2.36.